The van der Waals surface area contributed by atoms with Crippen LogP contribution in [0.25, 0.3) is 0 Å². The van der Waals surface area contributed by atoms with Crippen LogP contribution in [-0.4, -0.2) is 4.92 Å². The summed E-state index contributed by atoms with van der Waals surface area (Å²) in [6, 6.07) is 6.20. The number of nitrogens with two attached hydrogens (primary N) is 1. The zero-order valence-corrected chi connectivity index (χ0v) is 9.47. The Morgan fingerprint density at radius 3 is 2.26 bits per heavy atom. The highest BCUT2D eigenvalue weighted by molar-refractivity contribution is 5.59. The minimum Gasteiger partial charge on any atom is -0.455 e. The van der Waals surface area contributed by atoms with Crippen molar-refractivity contribution in [1.82, 2.24) is 0 Å². The molecular weight excluding hydrogens is 258 g/mol. The fourth-order valence-corrected chi connectivity index (χ4v) is 1.46. The SMILES string of the molecule is Nc1cc([N+](=O)[O-])ccc1Oc1cc(F)cc(F)c1. The molecule has 2 N–H and O–H groups in total. The molecule has 0 radical (unpaired) electrons. The van der Waals surface area contributed by atoms with Crippen molar-refractivity contribution in [2.75, 3.05) is 5.73 Å². The van der Waals surface area contributed by atoms with Crippen molar-refractivity contribution in [1.29, 1.82) is 0 Å². The number of non-ortho nitro benzene ring substituents is 1. The molecule has 0 fully saturated rings. The van der Waals surface area contributed by atoms with Gasteiger partial charge in [0.25, 0.3) is 5.69 Å². The highest BCUT2D eigenvalue weighted by Crippen LogP contribution is 2.31. The number of rotatable bonds is 3. The van der Waals surface area contributed by atoms with Gasteiger partial charge in [-0.3, -0.25) is 10.1 Å². The van der Waals surface area contributed by atoms with Gasteiger partial charge in [-0.2, -0.15) is 0 Å². The normalized spacial score (nSPS) is 10.2. The highest BCUT2D eigenvalue weighted by Gasteiger charge is 2.11. The van der Waals surface area contributed by atoms with Crippen molar-refractivity contribution in [2.45, 2.75) is 0 Å². The Morgan fingerprint density at radius 1 is 1.11 bits per heavy atom. The molecule has 0 saturated carbocycles. The lowest BCUT2D eigenvalue weighted by atomic mass is 10.2. The van der Waals surface area contributed by atoms with Crippen molar-refractivity contribution in [3.63, 3.8) is 0 Å². The van der Waals surface area contributed by atoms with Crippen molar-refractivity contribution in [2.24, 2.45) is 0 Å². The Labute approximate surface area is 106 Å². The van der Waals surface area contributed by atoms with E-state index in [0.717, 1.165) is 18.2 Å². The highest BCUT2D eigenvalue weighted by atomic mass is 19.1. The van der Waals surface area contributed by atoms with Gasteiger partial charge in [-0.1, -0.05) is 0 Å². The molecule has 0 amide bonds. The number of nitrogens with zero attached hydrogens (tertiary/aromatic N) is 1. The molecule has 0 aliphatic heterocycles. The first kappa shape index (κ1) is 12.7. The quantitative estimate of drug-likeness (QED) is 0.525. The lowest BCUT2D eigenvalue weighted by molar-refractivity contribution is -0.384. The molecule has 0 atom stereocenters. The Morgan fingerprint density at radius 2 is 1.74 bits per heavy atom. The van der Waals surface area contributed by atoms with E-state index in [9.17, 15) is 18.9 Å². The molecule has 0 spiro atoms. The summed E-state index contributed by atoms with van der Waals surface area (Å²) in [4.78, 5) is 9.91. The summed E-state index contributed by atoms with van der Waals surface area (Å²) in [5.74, 6) is -1.60. The zero-order valence-electron chi connectivity index (χ0n) is 9.47. The molecule has 2 aromatic carbocycles. The van der Waals surface area contributed by atoms with Gasteiger partial charge >= 0.3 is 0 Å². The fraction of sp³-hybridized carbons (Fsp3) is 0. The second-order valence-corrected chi connectivity index (χ2v) is 3.69. The van der Waals surface area contributed by atoms with Crippen LogP contribution in [0.3, 0.4) is 0 Å². The van der Waals surface area contributed by atoms with Gasteiger partial charge < -0.3 is 10.5 Å². The molecule has 0 unspecified atom stereocenters. The van der Waals surface area contributed by atoms with Crippen molar-refractivity contribution < 1.29 is 18.4 Å². The number of ether oxygens (including phenoxy) is 1. The largest absolute Gasteiger partial charge is 0.455 e. The van der Waals surface area contributed by atoms with Crippen LogP contribution in [0.15, 0.2) is 36.4 Å². The lowest BCUT2D eigenvalue weighted by Crippen LogP contribution is -1.95. The average molecular weight is 266 g/mol. The first-order chi connectivity index (χ1) is 8.95. The molecule has 0 saturated heterocycles. The van der Waals surface area contributed by atoms with Gasteiger partial charge in [0, 0.05) is 30.3 Å². The van der Waals surface area contributed by atoms with E-state index in [1.807, 2.05) is 0 Å². The fourth-order valence-electron chi connectivity index (χ4n) is 1.46. The smallest absolute Gasteiger partial charge is 0.271 e. The molecule has 5 nitrogen and oxygen atoms in total. The second kappa shape index (κ2) is 4.89. The molecule has 19 heavy (non-hydrogen) atoms. The minimum absolute atomic E-state index is 0.00105. The van der Waals surface area contributed by atoms with E-state index < -0.39 is 16.6 Å². The van der Waals surface area contributed by atoms with Crippen LogP contribution in [0.1, 0.15) is 0 Å². The molecular formula is C12H8F2N2O3. The lowest BCUT2D eigenvalue weighted by Gasteiger charge is -2.08. The van der Waals surface area contributed by atoms with E-state index in [1.165, 1.54) is 12.1 Å². The Kier molecular flexibility index (Phi) is 3.28. The van der Waals surface area contributed by atoms with Gasteiger partial charge in [-0.25, -0.2) is 8.78 Å². The number of hydrogen-bond donors (Lipinski definition) is 1. The van der Waals surface area contributed by atoms with Gasteiger partial charge in [0.05, 0.1) is 10.6 Å². The van der Waals surface area contributed by atoms with Gasteiger partial charge in [-0.15, -0.1) is 0 Å². The third kappa shape index (κ3) is 2.95. The van der Waals surface area contributed by atoms with E-state index >= 15 is 0 Å². The second-order valence-electron chi connectivity index (χ2n) is 3.69. The number of nitro benzene ring substituents is 1. The van der Waals surface area contributed by atoms with Gasteiger partial charge in [0.1, 0.15) is 17.4 Å². The first-order valence-corrected chi connectivity index (χ1v) is 5.13. The number of nitro groups is 1. The maximum atomic E-state index is 13.0. The van der Waals surface area contributed by atoms with Gasteiger partial charge in [0.2, 0.25) is 0 Å². The van der Waals surface area contributed by atoms with Crippen molar-refractivity contribution >= 4 is 11.4 Å². The third-order valence-corrected chi connectivity index (χ3v) is 2.27. The van der Waals surface area contributed by atoms with Crippen molar-refractivity contribution in [3.8, 4) is 11.5 Å². The molecule has 0 heterocycles. The average Bonchev–Trinajstić information content (AvgIpc) is 2.30. The van der Waals surface area contributed by atoms with E-state index in [0.29, 0.717) is 6.07 Å². The predicted molar refractivity (Wildman–Crippen MR) is 63.9 cm³/mol. The third-order valence-electron chi connectivity index (χ3n) is 2.27. The summed E-state index contributed by atoms with van der Waals surface area (Å²) in [7, 11) is 0. The van der Waals surface area contributed by atoms with Crippen LogP contribution in [-0.2, 0) is 0 Å². The summed E-state index contributed by atoms with van der Waals surface area (Å²) in [5, 5.41) is 10.5. The predicted octanol–water partition coefficient (Wildman–Crippen LogP) is 3.25. The standard InChI is InChI=1S/C12H8F2N2O3/c13-7-3-8(14)5-10(4-7)19-12-2-1-9(16(17)18)6-11(12)15/h1-6H,15H2. The summed E-state index contributed by atoms with van der Waals surface area (Å²) in [6.07, 6.45) is 0. The van der Waals surface area contributed by atoms with Crippen LogP contribution in [0.5, 0.6) is 11.5 Å². The number of hydrogen-bond acceptors (Lipinski definition) is 4. The molecule has 0 aliphatic rings. The summed E-state index contributed by atoms with van der Waals surface area (Å²) >= 11 is 0. The summed E-state index contributed by atoms with van der Waals surface area (Å²) in [6.45, 7) is 0. The Hall–Kier alpha value is -2.70. The monoisotopic (exact) mass is 266 g/mol. The maximum absolute atomic E-state index is 13.0. The van der Waals surface area contributed by atoms with E-state index in [2.05, 4.69) is 0 Å². The van der Waals surface area contributed by atoms with E-state index in [-0.39, 0.29) is 22.9 Å². The minimum atomic E-state index is -0.796. The van der Waals surface area contributed by atoms with Crippen LogP contribution >= 0.6 is 0 Å². The maximum Gasteiger partial charge on any atom is 0.271 e. The Balaban J connectivity index is 2.30. The van der Waals surface area contributed by atoms with Crippen LogP contribution in [0.2, 0.25) is 0 Å². The number of benzene rings is 2. The summed E-state index contributed by atoms with van der Waals surface area (Å²) in [5.41, 5.74) is 5.37. The van der Waals surface area contributed by atoms with Gasteiger partial charge in [0.15, 0.2) is 5.75 Å². The first-order valence-electron chi connectivity index (χ1n) is 5.13. The molecule has 2 aromatic rings. The van der Waals surface area contributed by atoms with E-state index in [4.69, 9.17) is 10.5 Å². The van der Waals surface area contributed by atoms with E-state index in [1.54, 1.807) is 0 Å². The van der Waals surface area contributed by atoms with Crippen LogP contribution < -0.4 is 10.5 Å². The summed E-state index contributed by atoms with van der Waals surface area (Å²) < 4.78 is 31.1. The Bertz CT molecular complexity index is 627. The zero-order chi connectivity index (χ0) is 14.0. The van der Waals surface area contributed by atoms with Gasteiger partial charge in [-0.05, 0) is 6.07 Å². The van der Waals surface area contributed by atoms with Crippen LogP contribution in [0, 0.1) is 21.7 Å². The molecule has 7 heteroatoms. The molecule has 0 aromatic heterocycles. The molecule has 98 valence electrons. The molecule has 0 bridgehead atoms. The number of anilines is 1. The molecule has 0 aliphatic carbocycles. The number of nitrogen functional groups attached to an aromatic ring is 1. The number of halogens is 2. The molecule has 2 rings (SSSR count). The van der Waals surface area contributed by atoms with Crippen LogP contribution in [0.4, 0.5) is 20.2 Å². The van der Waals surface area contributed by atoms with Crippen molar-refractivity contribution in [3.05, 3.63) is 58.1 Å². The topological polar surface area (TPSA) is 78.4 Å².